The third-order valence-electron chi connectivity index (χ3n) is 6.77. The molecule has 0 saturated carbocycles. The molecule has 1 saturated heterocycles. The number of rotatable bonds is 12. The highest BCUT2D eigenvalue weighted by atomic mass is 16.6. The van der Waals surface area contributed by atoms with Gasteiger partial charge in [-0.05, 0) is 32.3 Å². The first-order valence-corrected chi connectivity index (χ1v) is 14.2. The fourth-order valence-electron chi connectivity index (χ4n) is 4.45. The van der Waals surface area contributed by atoms with Gasteiger partial charge in [0.15, 0.2) is 5.82 Å². The first-order chi connectivity index (χ1) is 20.4. The zero-order valence-corrected chi connectivity index (χ0v) is 25.1. The molecule has 43 heavy (non-hydrogen) atoms. The van der Waals surface area contributed by atoms with Gasteiger partial charge in [-0.25, -0.2) is 4.79 Å². The van der Waals surface area contributed by atoms with Crippen LogP contribution in [0, 0.1) is 5.92 Å². The van der Waals surface area contributed by atoms with Gasteiger partial charge in [0, 0.05) is 6.42 Å². The van der Waals surface area contributed by atoms with Crippen molar-refractivity contribution in [3.63, 3.8) is 0 Å². The van der Waals surface area contributed by atoms with Crippen LogP contribution in [0.15, 0.2) is 30.3 Å². The highest BCUT2D eigenvalue weighted by Crippen LogP contribution is 2.22. The molecule has 0 spiro atoms. The topological polar surface area (TPSA) is 198 Å². The van der Waals surface area contributed by atoms with Crippen LogP contribution in [-0.2, 0) is 41.6 Å². The summed E-state index contributed by atoms with van der Waals surface area (Å²) in [4.78, 5) is 65.7. The number of nitrogens with zero attached hydrogens (tertiary/aromatic N) is 4. The third kappa shape index (κ3) is 10.3. The van der Waals surface area contributed by atoms with Crippen LogP contribution in [0.1, 0.15) is 58.8 Å². The number of alkyl carbamates (subject to hydrolysis) is 1. The molecule has 2 heterocycles. The predicted octanol–water partition coefficient (Wildman–Crippen LogP) is 0.627. The van der Waals surface area contributed by atoms with E-state index < -0.39 is 60.1 Å². The molecule has 1 aromatic carbocycles. The van der Waals surface area contributed by atoms with Crippen LogP contribution < -0.4 is 16.0 Å². The van der Waals surface area contributed by atoms with E-state index in [-0.39, 0.29) is 37.7 Å². The summed E-state index contributed by atoms with van der Waals surface area (Å²) in [7, 11) is 0. The molecule has 1 fully saturated rings. The number of hydrogen-bond acceptors (Lipinski definition) is 10. The number of esters is 1. The molecular formula is C28H40N8O7. The van der Waals surface area contributed by atoms with Gasteiger partial charge in [-0.2, -0.15) is 5.21 Å². The van der Waals surface area contributed by atoms with Crippen LogP contribution in [-0.4, -0.2) is 92.2 Å². The number of carbonyl (C=O) groups excluding carboxylic acids is 5. The highest BCUT2D eigenvalue weighted by molar-refractivity contribution is 5.92. The van der Waals surface area contributed by atoms with Crippen molar-refractivity contribution in [3.8, 4) is 0 Å². The largest absolute Gasteiger partial charge is 0.460 e. The molecule has 2 aromatic rings. The normalized spacial score (nSPS) is 17.8. The van der Waals surface area contributed by atoms with Crippen molar-refractivity contribution in [2.24, 2.45) is 5.92 Å². The van der Waals surface area contributed by atoms with E-state index >= 15 is 0 Å². The van der Waals surface area contributed by atoms with Crippen LogP contribution in [0.4, 0.5) is 4.79 Å². The Bertz CT molecular complexity index is 1250. The number of likely N-dealkylation sites (tertiary alicyclic amines) is 1. The number of H-pyrrole nitrogens is 1. The molecule has 0 bridgehead atoms. The predicted molar refractivity (Wildman–Crippen MR) is 152 cm³/mol. The van der Waals surface area contributed by atoms with E-state index in [9.17, 15) is 24.0 Å². The van der Waals surface area contributed by atoms with Crippen LogP contribution in [0.2, 0.25) is 0 Å². The lowest BCUT2D eigenvalue weighted by molar-refractivity contribution is -0.148. The maximum absolute atomic E-state index is 13.3. The average molecular weight is 601 g/mol. The Morgan fingerprint density at radius 3 is 2.47 bits per heavy atom. The van der Waals surface area contributed by atoms with Crippen molar-refractivity contribution in [2.45, 2.75) is 84.2 Å². The third-order valence-corrected chi connectivity index (χ3v) is 6.77. The number of ether oxygens (including phenoxy) is 2. The molecule has 4 N–H and O–H groups in total. The van der Waals surface area contributed by atoms with E-state index in [1.54, 1.807) is 39.8 Å². The Balaban J connectivity index is 1.65. The van der Waals surface area contributed by atoms with E-state index in [1.807, 2.05) is 25.1 Å². The minimum absolute atomic E-state index is 0.0318. The van der Waals surface area contributed by atoms with E-state index in [2.05, 4.69) is 36.6 Å². The van der Waals surface area contributed by atoms with Crippen molar-refractivity contribution >= 4 is 29.8 Å². The Labute approximate surface area is 249 Å². The standard InChI is InChI=1S/C28H40N8O7/c1-6-17(2)24(31-27(41)43-28(3,4)5)26(40)30-15-22(37)36-16-19(42-23(38)12-18-10-8-7-9-11-18)13-20(36)25(39)29-14-21-32-34-35-33-21/h7-11,17,19-20,24H,6,12-16H2,1-5H3,(H,29,39)(H,30,40)(H,31,41)(H,32,33,34,35)/t17-,19?,20?,24-/m0/s1. The van der Waals surface area contributed by atoms with Gasteiger partial charge in [0.25, 0.3) is 0 Å². The molecular weight excluding hydrogens is 560 g/mol. The zero-order valence-electron chi connectivity index (χ0n) is 25.1. The van der Waals surface area contributed by atoms with Crippen LogP contribution >= 0.6 is 0 Å². The van der Waals surface area contributed by atoms with Crippen LogP contribution in [0.3, 0.4) is 0 Å². The summed E-state index contributed by atoms with van der Waals surface area (Å²) in [6, 6.07) is 7.13. The molecule has 0 radical (unpaired) electrons. The van der Waals surface area contributed by atoms with Crippen LogP contribution in [0.25, 0.3) is 0 Å². The van der Waals surface area contributed by atoms with Gasteiger partial charge in [0.05, 0.1) is 26.1 Å². The molecule has 3 rings (SSSR count). The van der Waals surface area contributed by atoms with Gasteiger partial charge in [-0.3, -0.25) is 19.2 Å². The van der Waals surface area contributed by atoms with Crippen molar-refractivity contribution in [1.29, 1.82) is 0 Å². The summed E-state index contributed by atoms with van der Waals surface area (Å²) < 4.78 is 10.9. The van der Waals surface area contributed by atoms with E-state index in [0.717, 1.165) is 5.56 Å². The molecule has 15 heteroatoms. The summed E-state index contributed by atoms with van der Waals surface area (Å²) in [5.41, 5.74) is 0.0126. The maximum atomic E-state index is 13.3. The lowest BCUT2D eigenvalue weighted by Gasteiger charge is -2.27. The molecule has 0 aliphatic carbocycles. The molecule has 1 aromatic heterocycles. The molecule has 4 amide bonds. The summed E-state index contributed by atoms with van der Waals surface area (Å²) in [5.74, 6) is -2.14. The van der Waals surface area contributed by atoms with E-state index in [4.69, 9.17) is 9.47 Å². The van der Waals surface area contributed by atoms with Gasteiger partial charge >= 0.3 is 12.1 Å². The van der Waals surface area contributed by atoms with Crippen molar-refractivity contribution in [1.82, 2.24) is 41.5 Å². The first-order valence-electron chi connectivity index (χ1n) is 14.2. The van der Waals surface area contributed by atoms with Gasteiger partial charge in [-0.15, -0.1) is 10.2 Å². The first kappa shape index (κ1) is 32.9. The number of nitrogens with one attached hydrogen (secondary N) is 4. The monoisotopic (exact) mass is 600 g/mol. The van der Waals surface area contributed by atoms with Gasteiger partial charge in [0.1, 0.15) is 23.8 Å². The molecule has 2 unspecified atom stereocenters. The molecule has 15 nitrogen and oxygen atoms in total. The van der Waals surface area contributed by atoms with Crippen molar-refractivity contribution in [2.75, 3.05) is 13.1 Å². The van der Waals surface area contributed by atoms with E-state index in [0.29, 0.717) is 6.42 Å². The Morgan fingerprint density at radius 2 is 1.84 bits per heavy atom. The van der Waals surface area contributed by atoms with E-state index in [1.165, 1.54) is 4.90 Å². The average Bonchev–Trinajstić information content (AvgIpc) is 3.62. The van der Waals surface area contributed by atoms with Gasteiger partial charge in [-0.1, -0.05) is 55.8 Å². The number of aromatic amines is 1. The second kappa shape index (κ2) is 15.1. The number of aromatic nitrogens is 4. The van der Waals surface area contributed by atoms with Gasteiger partial charge < -0.3 is 30.3 Å². The summed E-state index contributed by atoms with van der Waals surface area (Å²) in [5, 5.41) is 21.1. The minimum Gasteiger partial charge on any atom is -0.460 e. The fourth-order valence-corrected chi connectivity index (χ4v) is 4.45. The quantitative estimate of drug-likeness (QED) is 0.251. The summed E-state index contributed by atoms with van der Waals surface area (Å²) >= 11 is 0. The van der Waals surface area contributed by atoms with Crippen LogP contribution in [0.5, 0.6) is 0 Å². The fraction of sp³-hybridized carbons (Fsp3) is 0.571. The lowest BCUT2D eigenvalue weighted by atomic mass is 9.98. The number of carbonyl (C=O) groups is 5. The molecule has 234 valence electrons. The smallest absolute Gasteiger partial charge is 0.408 e. The van der Waals surface area contributed by atoms with Crippen molar-refractivity contribution < 1.29 is 33.4 Å². The second-order valence-electron chi connectivity index (χ2n) is 11.3. The number of tetrazole rings is 1. The number of amides is 4. The molecule has 1 aliphatic rings. The second-order valence-corrected chi connectivity index (χ2v) is 11.3. The summed E-state index contributed by atoms with van der Waals surface area (Å²) in [6.45, 7) is 8.27. The number of hydrogen-bond donors (Lipinski definition) is 4. The Hall–Kier alpha value is -4.56. The maximum Gasteiger partial charge on any atom is 0.408 e. The molecule has 4 atom stereocenters. The SMILES string of the molecule is CC[C@H](C)[C@H](NC(=O)OC(C)(C)C)C(=O)NCC(=O)N1CC(OC(=O)Cc2ccccc2)CC1C(=O)NCc1nn[nH]n1. The summed E-state index contributed by atoms with van der Waals surface area (Å²) in [6.07, 6.45) is -0.811. The zero-order chi connectivity index (χ0) is 31.6. The molecule has 1 aliphatic heterocycles. The van der Waals surface area contributed by atoms with Crippen molar-refractivity contribution in [3.05, 3.63) is 41.7 Å². The Morgan fingerprint density at radius 1 is 1.12 bits per heavy atom. The number of benzene rings is 1. The minimum atomic E-state index is -0.976. The lowest BCUT2D eigenvalue weighted by Crippen LogP contribution is -2.54. The highest BCUT2D eigenvalue weighted by Gasteiger charge is 2.41. The van der Waals surface area contributed by atoms with Gasteiger partial charge in [0.2, 0.25) is 17.7 Å². The Kier molecular flexibility index (Phi) is 11.5.